The molecular weight excluding hydrogens is 398 g/mol. The van der Waals surface area contributed by atoms with Crippen molar-refractivity contribution in [2.45, 2.75) is 38.8 Å². The van der Waals surface area contributed by atoms with Crippen molar-refractivity contribution in [2.75, 3.05) is 11.1 Å². The lowest BCUT2D eigenvalue weighted by atomic mass is 10.0. The number of carbonyl (C=O) groups is 2. The third kappa shape index (κ3) is 5.33. The number of thioether (sulfide) groups is 1. The minimum Gasteiger partial charge on any atom is -0.326 e. The zero-order valence-electron chi connectivity index (χ0n) is 17.5. The Morgan fingerprint density at radius 1 is 1.00 bits per heavy atom. The van der Waals surface area contributed by atoms with Gasteiger partial charge in [0.1, 0.15) is 0 Å². The molecule has 0 aliphatic rings. The summed E-state index contributed by atoms with van der Waals surface area (Å²) in [7, 11) is 0. The molecular formula is C22H25N5O2S. The van der Waals surface area contributed by atoms with Crippen LogP contribution in [0.25, 0.3) is 5.69 Å². The highest BCUT2D eigenvalue weighted by atomic mass is 32.2. The number of carbonyl (C=O) groups excluding carboxylic acids is 2. The number of ketones is 1. The van der Waals surface area contributed by atoms with E-state index in [9.17, 15) is 9.59 Å². The quantitative estimate of drug-likeness (QED) is 0.428. The van der Waals surface area contributed by atoms with Crippen LogP contribution in [0, 0.1) is 5.92 Å². The van der Waals surface area contributed by atoms with Crippen LogP contribution < -0.4 is 5.32 Å². The van der Waals surface area contributed by atoms with Crippen LogP contribution in [0.5, 0.6) is 0 Å². The molecule has 0 bridgehead atoms. The molecule has 0 spiro atoms. The van der Waals surface area contributed by atoms with Crippen LogP contribution >= 0.6 is 11.8 Å². The second kappa shape index (κ2) is 9.67. The van der Waals surface area contributed by atoms with Crippen molar-refractivity contribution in [3.05, 3.63) is 59.7 Å². The highest BCUT2D eigenvalue weighted by molar-refractivity contribution is 7.99. The van der Waals surface area contributed by atoms with Crippen LogP contribution in [0.3, 0.4) is 0 Å². The number of aromatic nitrogens is 4. The minimum absolute atomic E-state index is 0.0357. The zero-order chi connectivity index (χ0) is 21.7. The lowest BCUT2D eigenvalue weighted by molar-refractivity contribution is -0.118. The van der Waals surface area contributed by atoms with Crippen LogP contribution in [0.4, 0.5) is 5.69 Å². The molecule has 30 heavy (non-hydrogen) atoms. The van der Waals surface area contributed by atoms with E-state index < -0.39 is 0 Å². The maximum atomic E-state index is 12.6. The van der Waals surface area contributed by atoms with Crippen molar-refractivity contribution in [1.82, 2.24) is 20.2 Å². The Hall–Kier alpha value is -3.00. The van der Waals surface area contributed by atoms with Crippen molar-refractivity contribution in [2.24, 2.45) is 5.92 Å². The molecule has 1 heterocycles. The largest absolute Gasteiger partial charge is 0.326 e. The van der Waals surface area contributed by atoms with E-state index in [1.54, 1.807) is 28.9 Å². The van der Waals surface area contributed by atoms with E-state index in [0.29, 0.717) is 22.3 Å². The predicted molar refractivity (Wildman–Crippen MR) is 118 cm³/mol. The molecule has 0 fully saturated rings. The van der Waals surface area contributed by atoms with Crippen LogP contribution in [-0.4, -0.2) is 37.7 Å². The number of rotatable bonds is 8. The standard InChI is InChI=1S/C22H25N5O2S/c1-14(2)16-7-11-19(12-8-16)27-22(24-25-26-27)30-13-20(28)17-5-9-18(10-6-17)23-21(29)15(3)4/h5-12,14-15H,13H2,1-4H3,(H,23,29). The lowest BCUT2D eigenvalue weighted by Crippen LogP contribution is -2.17. The number of anilines is 1. The van der Waals surface area contributed by atoms with Gasteiger partial charge in [0.15, 0.2) is 5.78 Å². The number of amides is 1. The lowest BCUT2D eigenvalue weighted by Gasteiger charge is -2.09. The molecule has 1 N–H and O–H groups in total. The van der Waals surface area contributed by atoms with Gasteiger partial charge in [0.05, 0.1) is 11.4 Å². The summed E-state index contributed by atoms with van der Waals surface area (Å²) in [6, 6.07) is 15.0. The number of benzene rings is 2. The van der Waals surface area contributed by atoms with Crippen molar-refractivity contribution >= 4 is 29.1 Å². The summed E-state index contributed by atoms with van der Waals surface area (Å²) in [6.07, 6.45) is 0. The molecule has 2 aromatic carbocycles. The smallest absolute Gasteiger partial charge is 0.226 e. The molecule has 0 aliphatic carbocycles. The molecule has 8 heteroatoms. The van der Waals surface area contributed by atoms with Gasteiger partial charge in [-0.15, -0.1) is 5.10 Å². The molecule has 1 aromatic heterocycles. The number of Topliss-reactive ketones (excluding diaryl/α,β-unsaturated/α-hetero) is 1. The topological polar surface area (TPSA) is 89.8 Å². The first-order chi connectivity index (χ1) is 14.3. The van der Waals surface area contributed by atoms with E-state index in [2.05, 4.69) is 46.8 Å². The predicted octanol–water partition coefficient (Wildman–Crippen LogP) is 4.36. The molecule has 1 amide bonds. The molecule has 3 rings (SSSR count). The van der Waals surface area contributed by atoms with Gasteiger partial charge in [-0.05, 0) is 58.3 Å². The molecule has 0 atom stereocenters. The first-order valence-electron chi connectivity index (χ1n) is 9.80. The number of nitrogens with zero attached hydrogens (tertiary/aromatic N) is 4. The summed E-state index contributed by atoms with van der Waals surface area (Å²) in [4.78, 5) is 24.3. The number of hydrogen-bond donors (Lipinski definition) is 1. The average molecular weight is 424 g/mol. The van der Waals surface area contributed by atoms with Gasteiger partial charge >= 0.3 is 0 Å². The van der Waals surface area contributed by atoms with Gasteiger partial charge in [0.2, 0.25) is 11.1 Å². The van der Waals surface area contributed by atoms with Crippen LogP contribution in [-0.2, 0) is 4.79 Å². The molecule has 156 valence electrons. The second-order valence-corrected chi connectivity index (χ2v) is 8.50. The van der Waals surface area contributed by atoms with E-state index in [1.165, 1.54) is 17.3 Å². The van der Waals surface area contributed by atoms with Gasteiger partial charge in [0, 0.05) is 17.2 Å². The number of hydrogen-bond acceptors (Lipinski definition) is 6. The Kier molecular flexibility index (Phi) is 6.99. The summed E-state index contributed by atoms with van der Waals surface area (Å²) < 4.78 is 1.63. The van der Waals surface area contributed by atoms with Gasteiger partial charge in [0.25, 0.3) is 0 Å². The fourth-order valence-corrected chi connectivity index (χ4v) is 3.46. The van der Waals surface area contributed by atoms with Gasteiger partial charge in [-0.1, -0.05) is 51.6 Å². The van der Waals surface area contributed by atoms with E-state index in [1.807, 2.05) is 26.0 Å². The zero-order valence-corrected chi connectivity index (χ0v) is 18.3. The summed E-state index contributed by atoms with van der Waals surface area (Å²) >= 11 is 1.29. The second-order valence-electron chi connectivity index (χ2n) is 7.55. The monoisotopic (exact) mass is 423 g/mol. The maximum absolute atomic E-state index is 12.6. The summed E-state index contributed by atoms with van der Waals surface area (Å²) in [5.74, 6) is 0.464. The molecule has 7 nitrogen and oxygen atoms in total. The Morgan fingerprint density at radius 2 is 1.67 bits per heavy atom. The first-order valence-corrected chi connectivity index (χ1v) is 10.8. The fourth-order valence-electron chi connectivity index (χ4n) is 2.67. The van der Waals surface area contributed by atoms with Gasteiger partial charge in [-0.25, -0.2) is 0 Å². The Labute approximate surface area is 180 Å². The molecule has 0 saturated heterocycles. The molecule has 3 aromatic rings. The van der Waals surface area contributed by atoms with Crippen molar-refractivity contribution in [3.63, 3.8) is 0 Å². The molecule has 0 unspecified atom stereocenters. The van der Waals surface area contributed by atoms with Gasteiger partial charge in [-0.2, -0.15) is 4.68 Å². The Bertz CT molecular complexity index is 1010. The maximum Gasteiger partial charge on any atom is 0.226 e. The van der Waals surface area contributed by atoms with Crippen molar-refractivity contribution < 1.29 is 9.59 Å². The molecule has 0 saturated carbocycles. The normalized spacial score (nSPS) is 11.1. The third-order valence-corrected chi connectivity index (χ3v) is 5.50. The fraction of sp³-hybridized carbons (Fsp3) is 0.318. The number of nitrogens with one attached hydrogen (secondary N) is 1. The summed E-state index contributed by atoms with van der Waals surface area (Å²) in [5.41, 5.74) is 3.34. The van der Waals surface area contributed by atoms with E-state index >= 15 is 0 Å². The molecule has 0 radical (unpaired) electrons. The van der Waals surface area contributed by atoms with E-state index in [0.717, 1.165) is 5.69 Å². The van der Waals surface area contributed by atoms with Crippen LogP contribution in [0.2, 0.25) is 0 Å². The van der Waals surface area contributed by atoms with Crippen LogP contribution in [0.1, 0.15) is 49.5 Å². The first kappa shape index (κ1) is 21.7. The highest BCUT2D eigenvalue weighted by Crippen LogP contribution is 2.22. The van der Waals surface area contributed by atoms with Crippen LogP contribution in [0.15, 0.2) is 53.7 Å². The SMILES string of the molecule is CC(C)C(=O)Nc1ccc(C(=O)CSc2nnnn2-c2ccc(C(C)C)cc2)cc1. The minimum atomic E-state index is -0.102. The van der Waals surface area contributed by atoms with Gasteiger partial charge in [-0.3, -0.25) is 9.59 Å². The summed E-state index contributed by atoms with van der Waals surface area (Å²) in [5, 5.41) is 15.2. The average Bonchev–Trinajstić information content (AvgIpc) is 3.21. The third-order valence-electron chi connectivity index (χ3n) is 4.58. The Balaban J connectivity index is 1.63. The highest BCUT2D eigenvalue weighted by Gasteiger charge is 2.14. The summed E-state index contributed by atoms with van der Waals surface area (Å²) in [6.45, 7) is 7.95. The van der Waals surface area contributed by atoms with Crippen molar-refractivity contribution in [3.8, 4) is 5.69 Å². The van der Waals surface area contributed by atoms with Crippen molar-refractivity contribution in [1.29, 1.82) is 0 Å². The molecule has 0 aliphatic heterocycles. The van der Waals surface area contributed by atoms with E-state index in [4.69, 9.17) is 0 Å². The van der Waals surface area contributed by atoms with E-state index in [-0.39, 0.29) is 23.4 Å². The number of tetrazole rings is 1. The Morgan fingerprint density at radius 3 is 2.27 bits per heavy atom. The van der Waals surface area contributed by atoms with Gasteiger partial charge < -0.3 is 5.32 Å².